The number of esters is 1. The van der Waals surface area contributed by atoms with Crippen LogP contribution in [-0.4, -0.2) is 25.6 Å². The molecule has 0 saturated carbocycles. The minimum atomic E-state index is -4.14. The number of hydrogen-bond acceptors (Lipinski definition) is 6. The van der Waals surface area contributed by atoms with E-state index in [9.17, 15) is 18.5 Å². The second-order valence-corrected chi connectivity index (χ2v) is 7.95. The molecule has 0 aliphatic carbocycles. The third-order valence-electron chi connectivity index (χ3n) is 4.55. The third kappa shape index (κ3) is 3.00. The molecule has 1 aliphatic heterocycles. The van der Waals surface area contributed by atoms with E-state index in [2.05, 4.69) is 5.32 Å². The van der Waals surface area contributed by atoms with E-state index in [1.54, 1.807) is 24.5 Å². The Hall–Kier alpha value is -3.05. The summed E-state index contributed by atoms with van der Waals surface area (Å²) in [7, 11) is -4.14. The second-order valence-electron chi connectivity index (χ2n) is 6.12. The summed E-state index contributed by atoms with van der Waals surface area (Å²) in [6.07, 6.45) is 0. The van der Waals surface area contributed by atoms with Gasteiger partial charge in [0.05, 0.1) is 6.61 Å². The monoisotopic (exact) mass is 385 g/mol. The molecular formula is C19H19N3O4S. The van der Waals surface area contributed by atoms with E-state index in [-0.39, 0.29) is 23.0 Å². The first-order chi connectivity index (χ1) is 12.8. The molecule has 1 aromatic carbocycles. The highest BCUT2D eigenvalue weighted by atomic mass is 32.2. The van der Waals surface area contributed by atoms with Gasteiger partial charge in [-0.2, -0.15) is 5.26 Å². The minimum absolute atomic E-state index is 0.0283. The number of fused-ring (bicyclic) bond motifs is 1. The molecule has 1 aromatic heterocycles. The second kappa shape index (κ2) is 6.93. The average Bonchev–Trinajstić information content (AvgIpc) is 2.87. The van der Waals surface area contributed by atoms with Gasteiger partial charge in [-0.05, 0) is 31.9 Å². The number of aromatic nitrogens is 1. The summed E-state index contributed by atoms with van der Waals surface area (Å²) in [4.78, 5) is 11.7. The number of nitrogens with zero attached hydrogens (tertiary/aromatic N) is 2. The summed E-state index contributed by atoms with van der Waals surface area (Å²) in [5.74, 6) is -0.595. The zero-order chi connectivity index (χ0) is 19.8. The Kier molecular flexibility index (Phi) is 4.81. The number of carbonyl (C=O) groups excluding carboxylic acids is 1. The van der Waals surface area contributed by atoms with Crippen molar-refractivity contribution < 1.29 is 17.9 Å². The van der Waals surface area contributed by atoms with E-state index in [1.807, 2.05) is 37.3 Å². The molecule has 0 saturated heterocycles. The molecule has 0 amide bonds. The van der Waals surface area contributed by atoms with Crippen LogP contribution >= 0.6 is 0 Å². The van der Waals surface area contributed by atoms with Crippen molar-refractivity contribution >= 4 is 21.6 Å². The van der Waals surface area contributed by atoms with Crippen molar-refractivity contribution in [2.45, 2.75) is 32.2 Å². The fourth-order valence-electron chi connectivity index (χ4n) is 3.13. The predicted molar refractivity (Wildman–Crippen MR) is 99.5 cm³/mol. The topological polar surface area (TPSA) is 101 Å². The van der Waals surface area contributed by atoms with E-state index >= 15 is 0 Å². The molecule has 0 spiro atoms. The maximum atomic E-state index is 13.1. The van der Waals surface area contributed by atoms with E-state index in [0.717, 1.165) is 11.3 Å². The highest BCUT2D eigenvalue weighted by Crippen LogP contribution is 2.40. The first-order valence-corrected chi connectivity index (χ1v) is 9.88. The van der Waals surface area contributed by atoms with Crippen LogP contribution in [0, 0.1) is 25.2 Å². The molecular weight excluding hydrogens is 366 g/mol. The lowest BCUT2D eigenvalue weighted by atomic mass is 10.2. The molecule has 0 atom stereocenters. The van der Waals surface area contributed by atoms with Crippen molar-refractivity contribution in [3.63, 3.8) is 0 Å². The fourth-order valence-corrected chi connectivity index (χ4v) is 4.82. The van der Waals surface area contributed by atoms with E-state index in [0.29, 0.717) is 12.1 Å². The lowest BCUT2D eigenvalue weighted by Gasteiger charge is -2.21. The number of allylic oxidation sites excluding steroid dienone is 1. The number of benzene rings is 1. The van der Waals surface area contributed by atoms with Crippen molar-refractivity contribution in [1.82, 2.24) is 4.57 Å². The molecule has 140 valence electrons. The minimum Gasteiger partial charge on any atom is -0.461 e. The number of anilines is 1. The molecule has 1 N–H and O–H groups in total. The van der Waals surface area contributed by atoms with Crippen LogP contribution in [0.5, 0.6) is 0 Å². The Labute approximate surface area is 157 Å². The molecule has 0 radical (unpaired) electrons. The predicted octanol–water partition coefficient (Wildman–Crippen LogP) is 2.65. The number of nitrogens with one attached hydrogen (secondary N) is 1. The van der Waals surface area contributed by atoms with Gasteiger partial charge in [0.15, 0.2) is 10.6 Å². The molecule has 2 heterocycles. The number of nitriles is 1. The number of hydrogen-bond donors (Lipinski definition) is 1. The van der Waals surface area contributed by atoms with Crippen molar-refractivity contribution in [1.29, 1.82) is 5.26 Å². The summed E-state index contributed by atoms with van der Waals surface area (Å²) in [5.41, 5.74) is 1.91. The van der Waals surface area contributed by atoms with Gasteiger partial charge >= 0.3 is 5.97 Å². The van der Waals surface area contributed by atoms with Crippen molar-refractivity contribution in [2.75, 3.05) is 11.9 Å². The molecule has 3 rings (SSSR count). The quantitative estimate of drug-likeness (QED) is 0.812. The van der Waals surface area contributed by atoms with Gasteiger partial charge < -0.3 is 14.6 Å². The maximum absolute atomic E-state index is 13.1. The van der Waals surface area contributed by atoms with Gasteiger partial charge in [0.2, 0.25) is 9.84 Å². The zero-order valence-corrected chi connectivity index (χ0v) is 16.1. The van der Waals surface area contributed by atoms with Crippen LogP contribution in [0.2, 0.25) is 0 Å². The molecule has 7 nitrogen and oxygen atoms in total. The normalized spacial score (nSPS) is 14.9. The SMILES string of the molecule is CCOC(=O)C1=C(C#N)S(=O)(=O)c2c(C)c(C)n(Cc3ccccc3)c2N1. The Morgan fingerprint density at radius 3 is 2.52 bits per heavy atom. The van der Waals surface area contributed by atoms with Gasteiger partial charge in [0, 0.05) is 12.2 Å². The summed E-state index contributed by atoms with van der Waals surface area (Å²) in [6.45, 7) is 5.60. The summed E-state index contributed by atoms with van der Waals surface area (Å²) in [5, 5.41) is 12.3. The van der Waals surface area contributed by atoms with Crippen LogP contribution in [0.3, 0.4) is 0 Å². The van der Waals surface area contributed by atoms with Gasteiger partial charge in [-0.1, -0.05) is 30.3 Å². The third-order valence-corrected chi connectivity index (χ3v) is 6.42. The zero-order valence-electron chi connectivity index (χ0n) is 15.2. The van der Waals surface area contributed by atoms with Gasteiger partial charge in [-0.15, -0.1) is 0 Å². The van der Waals surface area contributed by atoms with Crippen molar-refractivity contribution in [3.8, 4) is 6.07 Å². The molecule has 27 heavy (non-hydrogen) atoms. The molecule has 0 bridgehead atoms. The number of carbonyl (C=O) groups is 1. The Balaban J connectivity index is 2.21. The Morgan fingerprint density at radius 1 is 1.26 bits per heavy atom. The van der Waals surface area contributed by atoms with Gasteiger partial charge in [0.25, 0.3) is 0 Å². The Morgan fingerprint density at radius 2 is 1.93 bits per heavy atom. The van der Waals surface area contributed by atoms with Gasteiger partial charge in [0.1, 0.15) is 16.8 Å². The summed E-state index contributed by atoms with van der Waals surface area (Å²) >= 11 is 0. The van der Waals surface area contributed by atoms with E-state index in [4.69, 9.17) is 4.74 Å². The van der Waals surface area contributed by atoms with Crippen LogP contribution in [-0.2, 0) is 25.9 Å². The van der Waals surface area contributed by atoms with E-state index < -0.39 is 20.7 Å². The summed E-state index contributed by atoms with van der Waals surface area (Å²) < 4.78 is 32.8. The summed E-state index contributed by atoms with van der Waals surface area (Å²) in [6, 6.07) is 11.2. The molecule has 0 unspecified atom stereocenters. The first kappa shape index (κ1) is 18.7. The highest BCUT2D eigenvalue weighted by molar-refractivity contribution is 7.96. The van der Waals surface area contributed by atoms with Crippen LogP contribution < -0.4 is 5.32 Å². The lowest BCUT2D eigenvalue weighted by Crippen LogP contribution is -2.26. The van der Waals surface area contributed by atoms with Crippen LogP contribution in [0.25, 0.3) is 0 Å². The smallest absolute Gasteiger partial charge is 0.356 e. The molecule has 1 aliphatic rings. The van der Waals surface area contributed by atoms with Crippen LogP contribution in [0.15, 0.2) is 45.8 Å². The maximum Gasteiger partial charge on any atom is 0.356 e. The molecule has 0 fully saturated rings. The number of rotatable bonds is 4. The number of sulfone groups is 1. The van der Waals surface area contributed by atoms with Crippen LogP contribution in [0.4, 0.5) is 5.82 Å². The Bertz CT molecular complexity index is 1090. The average molecular weight is 385 g/mol. The van der Waals surface area contributed by atoms with Crippen LogP contribution in [0.1, 0.15) is 23.7 Å². The van der Waals surface area contributed by atoms with Gasteiger partial charge in [-0.25, -0.2) is 13.2 Å². The number of ether oxygens (including phenoxy) is 1. The lowest BCUT2D eigenvalue weighted by molar-refractivity contribution is -0.138. The van der Waals surface area contributed by atoms with E-state index in [1.165, 1.54) is 0 Å². The largest absolute Gasteiger partial charge is 0.461 e. The highest BCUT2D eigenvalue weighted by Gasteiger charge is 2.40. The first-order valence-electron chi connectivity index (χ1n) is 8.40. The molecule has 8 heteroatoms. The van der Waals surface area contributed by atoms with Crippen molar-refractivity contribution in [3.05, 3.63) is 57.8 Å². The molecule has 2 aromatic rings. The van der Waals surface area contributed by atoms with Crippen molar-refractivity contribution in [2.24, 2.45) is 0 Å². The fraction of sp³-hybridized carbons (Fsp3) is 0.263. The van der Waals surface area contributed by atoms with Gasteiger partial charge in [-0.3, -0.25) is 0 Å². The standard InChI is InChI=1S/C19H19N3O4S/c1-4-26-19(23)16-15(10-20)27(24,25)17-12(2)13(3)22(18(17)21-16)11-14-8-6-5-7-9-14/h5-9,21H,4,11H2,1-3H3.